The summed E-state index contributed by atoms with van der Waals surface area (Å²) in [6, 6.07) is 9.07. The number of rotatable bonds is 5. The molecular formula is C17H14N6O3. The molecule has 0 aliphatic heterocycles. The van der Waals surface area contributed by atoms with Crippen LogP contribution in [0.3, 0.4) is 0 Å². The summed E-state index contributed by atoms with van der Waals surface area (Å²) in [5.74, 6) is 0.872. The number of carbonyl (C=O) groups is 1. The van der Waals surface area contributed by atoms with Crippen LogP contribution in [0, 0.1) is 0 Å². The Morgan fingerprint density at radius 1 is 1.23 bits per heavy atom. The number of para-hydroxylation sites is 1. The van der Waals surface area contributed by atoms with E-state index in [1.807, 2.05) is 18.2 Å². The first-order valence-corrected chi connectivity index (χ1v) is 7.78. The zero-order valence-corrected chi connectivity index (χ0v) is 13.8. The standard InChI is InChI=1S/C17H14N6O3/c1-25-12-5-3-2-4-10(12)17-23-22-13(26-17)8-19-16(24)14-11-6-7-18-15(11)21-9-20-14/h2-7,9H,8H2,1H3,(H,19,24)(H,18,20,21). The minimum Gasteiger partial charge on any atom is -0.496 e. The Morgan fingerprint density at radius 2 is 2.12 bits per heavy atom. The van der Waals surface area contributed by atoms with Crippen molar-refractivity contribution in [2.24, 2.45) is 0 Å². The molecule has 9 heteroatoms. The van der Waals surface area contributed by atoms with Gasteiger partial charge in [0.05, 0.1) is 24.6 Å². The van der Waals surface area contributed by atoms with Gasteiger partial charge in [0, 0.05) is 6.20 Å². The summed E-state index contributed by atoms with van der Waals surface area (Å²) >= 11 is 0. The molecule has 0 bridgehead atoms. The lowest BCUT2D eigenvalue weighted by Gasteiger charge is -2.04. The topological polar surface area (TPSA) is 119 Å². The Balaban J connectivity index is 1.50. The summed E-state index contributed by atoms with van der Waals surface area (Å²) in [7, 11) is 1.57. The molecule has 1 amide bonds. The average Bonchev–Trinajstić information content (AvgIpc) is 3.35. The van der Waals surface area contributed by atoms with Gasteiger partial charge >= 0.3 is 0 Å². The van der Waals surface area contributed by atoms with Gasteiger partial charge in [-0.15, -0.1) is 10.2 Å². The molecule has 2 N–H and O–H groups in total. The number of hydrogen-bond acceptors (Lipinski definition) is 7. The number of H-pyrrole nitrogens is 1. The average molecular weight is 350 g/mol. The second kappa shape index (κ2) is 6.63. The van der Waals surface area contributed by atoms with E-state index in [2.05, 4.69) is 30.5 Å². The third kappa shape index (κ3) is 2.86. The van der Waals surface area contributed by atoms with E-state index in [4.69, 9.17) is 9.15 Å². The molecule has 3 heterocycles. The molecule has 130 valence electrons. The number of nitrogens with zero attached hydrogens (tertiary/aromatic N) is 4. The van der Waals surface area contributed by atoms with Crippen molar-refractivity contribution in [1.29, 1.82) is 0 Å². The van der Waals surface area contributed by atoms with Crippen molar-refractivity contribution in [2.45, 2.75) is 6.54 Å². The summed E-state index contributed by atoms with van der Waals surface area (Å²) in [5.41, 5.74) is 1.56. The lowest BCUT2D eigenvalue weighted by Crippen LogP contribution is -2.24. The maximum absolute atomic E-state index is 12.4. The number of hydrogen-bond donors (Lipinski definition) is 2. The number of fused-ring (bicyclic) bond motifs is 1. The maximum Gasteiger partial charge on any atom is 0.271 e. The molecule has 3 aromatic heterocycles. The summed E-state index contributed by atoms with van der Waals surface area (Å²) in [4.78, 5) is 23.4. The monoisotopic (exact) mass is 350 g/mol. The van der Waals surface area contributed by atoms with Gasteiger partial charge in [0.1, 0.15) is 23.4 Å². The van der Waals surface area contributed by atoms with E-state index < -0.39 is 0 Å². The number of methoxy groups -OCH3 is 1. The Bertz CT molecular complexity index is 1070. The SMILES string of the molecule is COc1ccccc1-c1nnc(CNC(=O)c2ncnc3[nH]ccc23)o1. The van der Waals surface area contributed by atoms with Crippen LogP contribution in [-0.2, 0) is 6.54 Å². The number of carbonyl (C=O) groups excluding carboxylic acids is 1. The first kappa shape index (κ1) is 15.8. The minimum atomic E-state index is -0.353. The number of amides is 1. The van der Waals surface area contributed by atoms with Crippen LogP contribution >= 0.6 is 0 Å². The summed E-state index contributed by atoms with van der Waals surface area (Å²) < 4.78 is 10.9. The fraction of sp³-hybridized carbons (Fsp3) is 0.118. The van der Waals surface area contributed by atoms with Gasteiger partial charge in [0.2, 0.25) is 5.89 Å². The summed E-state index contributed by atoms with van der Waals surface area (Å²) in [6.07, 6.45) is 3.04. The molecule has 0 aliphatic carbocycles. The second-order valence-corrected chi connectivity index (χ2v) is 5.35. The van der Waals surface area contributed by atoms with E-state index in [0.29, 0.717) is 28.2 Å². The Labute approximate surface area is 147 Å². The quantitative estimate of drug-likeness (QED) is 0.564. The lowest BCUT2D eigenvalue weighted by molar-refractivity contribution is 0.0944. The van der Waals surface area contributed by atoms with E-state index in [9.17, 15) is 4.79 Å². The number of nitrogens with one attached hydrogen (secondary N) is 2. The van der Waals surface area contributed by atoms with Gasteiger partial charge in [-0.3, -0.25) is 4.79 Å². The van der Waals surface area contributed by atoms with E-state index >= 15 is 0 Å². The van der Waals surface area contributed by atoms with Gasteiger partial charge in [-0.25, -0.2) is 9.97 Å². The van der Waals surface area contributed by atoms with Crippen LogP contribution in [0.2, 0.25) is 0 Å². The first-order chi connectivity index (χ1) is 12.8. The zero-order valence-electron chi connectivity index (χ0n) is 13.8. The van der Waals surface area contributed by atoms with Crippen LogP contribution in [0.25, 0.3) is 22.5 Å². The van der Waals surface area contributed by atoms with Gasteiger partial charge in [-0.1, -0.05) is 12.1 Å². The van der Waals surface area contributed by atoms with Crippen LogP contribution in [0.5, 0.6) is 5.75 Å². The smallest absolute Gasteiger partial charge is 0.271 e. The van der Waals surface area contributed by atoms with E-state index in [1.165, 1.54) is 6.33 Å². The molecule has 0 aliphatic rings. The van der Waals surface area contributed by atoms with Gasteiger partial charge in [0.15, 0.2) is 0 Å². The van der Waals surface area contributed by atoms with Gasteiger partial charge in [0.25, 0.3) is 11.8 Å². The van der Waals surface area contributed by atoms with Crippen molar-refractivity contribution in [3.63, 3.8) is 0 Å². The minimum absolute atomic E-state index is 0.0803. The largest absolute Gasteiger partial charge is 0.496 e. The molecule has 0 spiro atoms. The number of benzene rings is 1. The summed E-state index contributed by atoms with van der Waals surface area (Å²) in [6.45, 7) is 0.0803. The van der Waals surface area contributed by atoms with Crippen LogP contribution < -0.4 is 10.1 Å². The maximum atomic E-state index is 12.4. The van der Waals surface area contributed by atoms with Crippen molar-refractivity contribution in [3.8, 4) is 17.2 Å². The highest BCUT2D eigenvalue weighted by molar-refractivity contribution is 6.03. The van der Waals surface area contributed by atoms with Crippen molar-refractivity contribution < 1.29 is 13.9 Å². The fourth-order valence-electron chi connectivity index (χ4n) is 2.55. The van der Waals surface area contributed by atoms with Crippen molar-refractivity contribution >= 4 is 16.9 Å². The predicted octanol–water partition coefficient (Wildman–Crippen LogP) is 1.95. The summed E-state index contributed by atoms with van der Waals surface area (Å²) in [5, 5.41) is 11.3. The normalized spacial score (nSPS) is 10.8. The zero-order chi connectivity index (χ0) is 17.9. The number of aromatic amines is 1. The molecule has 0 unspecified atom stereocenters. The predicted molar refractivity (Wildman–Crippen MR) is 91.3 cm³/mol. The highest BCUT2D eigenvalue weighted by Gasteiger charge is 2.16. The molecule has 1 aromatic carbocycles. The van der Waals surface area contributed by atoms with E-state index in [-0.39, 0.29) is 24.0 Å². The van der Waals surface area contributed by atoms with Crippen LogP contribution in [0.1, 0.15) is 16.4 Å². The Morgan fingerprint density at radius 3 is 3.00 bits per heavy atom. The van der Waals surface area contributed by atoms with Crippen LogP contribution in [-0.4, -0.2) is 38.2 Å². The first-order valence-electron chi connectivity index (χ1n) is 7.78. The van der Waals surface area contributed by atoms with Gasteiger partial charge in [-0.2, -0.15) is 0 Å². The Kier molecular flexibility index (Phi) is 4.02. The molecule has 9 nitrogen and oxygen atoms in total. The lowest BCUT2D eigenvalue weighted by atomic mass is 10.2. The van der Waals surface area contributed by atoms with Crippen LogP contribution in [0.15, 0.2) is 47.3 Å². The highest BCUT2D eigenvalue weighted by Crippen LogP contribution is 2.28. The van der Waals surface area contributed by atoms with Crippen molar-refractivity contribution in [3.05, 3.63) is 54.4 Å². The molecule has 26 heavy (non-hydrogen) atoms. The number of aromatic nitrogens is 5. The third-order valence-corrected chi connectivity index (χ3v) is 3.77. The van der Waals surface area contributed by atoms with E-state index in [1.54, 1.807) is 25.4 Å². The Hall–Kier alpha value is -3.75. The molecule has 0 saturated carbocycles. The molecule has 4 rings (SSSR count). The molecule has 0 saturated heterocycles. The fourth-order valence-corrected chi connectivity index (χ4v) is 2.55. The molecule has 4 aromatic rings. The van der Waals surface area contributed by atoms with Crippen LogP contribution in [0.4, 0.5) is 0 Å². The van der Waals surface area contributed by atoms with E-state index in [0.717, 1.165) is 0 Å². The van der Waals surface area contributed by atoms with Crippen molar-refractivity contribution in [2.75, 3.05) is 7.11 Å². The van der Waals surface area contributed by atoms with Gasteiger partial charge in [-0.05, 0) is 18.2 Å². The van der Waals surface area contributed by atoms with Crippen molar-refractivity contribution in [1.82, 2.24) is 30.5 Å². The van der Waals surface area contributed by atoms with Gasteiger partial charge < -0.3 is 19.5 Å². The molecular weight excluding hydrogens is 336 g/mol. The molecule has 0 atom stereocenters. The number of ether oxygens (including phenoxy) is 1. The third-order valence-electron chi connectivity index (χ3n) is 3.77. The molecule has 0 fully saturated rings. The highest BCUT2D eigenvalue weighted by atomic mass is 16.5. The second-order valence-electron chi connectivity index (χ2n) is 5.35. The molecule has 0 radical (unpaired) electrons.